The van der Waals surface area contributed by atoms with Crippen molar-refractivity contribution in [1.82, 2.24) is 0 Å². The van der Waals surface area contributed by atoms with Gasteiger partial charge in [-0.15, -0.1) is 0 Å². The molecule has 1 N–H and O–H groups in total. The number of esters is 1. The SMILES string of the molecule is COC(=O)c1ccccc1OCC(=O)Nc1ccc(N2CCOCC2)cc1. The molecule has 0 atom stereocenters. The van der Waals surface area contributed by atoms with Gasteiger partial charge in [0.1, 0.15) is 11.3 Å². The zero-order chi connectivity index (χ0) is 19.1. The summed E-state index contributed by atoms with van der Waals surface area (Å²) in [5.41, 5.74) is 2.06. The van der Waals surface area contributed by atoms with Crippen molar-refractivity contribution in [3.8, 4) is 5.75 Å². The first-order valence-electron chi connectivity index (χ1n) is 8.70. The molecular formula is C20H22N2O5. The zero-order valence-corrected chi connectivity index (χ0v) is 15.1. The maximum atomic E-state index is 12.1. The Morgan fingerprint density at radius 1 is 1.07 bits per heavy atom. The first-order chi connectivity index (χ1) is 13.2. The number of carbonyl (C=O) groups excluding carboxylic acids is 2. The Morgan fingerprint density at radius 2 is 1.78 bits per heavy atom. The molecule has 0 spiro atoms. The number of hydrogen-bond acceptors (Lipinski definition) is 6. The molecule has 0 bridgehead atoms. The summed E-state index contributed by atoms with van der Waals surface area (Å²) in [5, 5.41) is 2.78. The first kappa shape index (κ1) is 18.7. The second-order valence-electron chi connectivity index (χ2n) is 5.97. The molecule has 1 amide bonds. The molecule has 27 heavy (non-hydrogen) atoms. The molecule has 3 rings (SSSR count). The van der Waals surface area contributed by atoms with Gasteiger partial charge in [0, 0.05) is 24.5 Å². The number of para-hydroxylation sites is 1. The fourth-order valence-electron chi connectivity index (χ4n) is 2.79. The minimum absolute atomic E-state index is 0.209. The van der Waals surface area contributed by atoms with Crippen LogP contribution in [0.15, 0.2) is 48.5 Å². The molecule has 0 aliphatic carbocycles. The molecule has 7 heteroatoms. The highest BCUT2D eigenvalue weighted by Gasteiger charge is 2.14. The van der Waals surface area contributed by atoms with Gasteiger partial charge >= 0.3 is 5.97 Å². The molecule has 0 saturated carbocycles. The highest BCUT2D eigenvalue weighted by molar-refractivity contribution is 5.94. The Labute approximate surface area is 157 Å². The van der Waals surface area contributed by atoms with Crippen LogP contribution in [0.2, 0.25) is 0 Å². The van der Waals surface area contributed by atoms with Crippen LogP contribution in [0, 0.1) is 0 Å². The summed E-state index contributed by atoms with van der Waals surface area (Å²) in [6, 6.07) is 14.3. The molecule has 2 aromatic carbocycles. The fraction of sp³-hybridized carbons (Fsp3) is 0.300. The van der Waals surface area contributed by atoms with Gasteiger partial charge in [-0.05, 0) is 36.4 Å². The Morgan fingerprint density at radius 3 is 2.48 bits per heavy atom. The van der Waals surface area contributed by atoms with Gasteiger partial charge in [-0.1, -0.05) is 12.1 Å². The summed E-state index contributed by atoms with van der Waals surface area (Å²) >= 11 is 0. The number of hydrogen-bond donors (Lipinski definition) is 1. The van der Waals surface area contributed by atoms with Crippen LogP contribution in [-0.4, -0.2) is 51.9 Å². The van der Waals surface area contributed by atoms with Crippen molar-refractivity contribution in [2.45, 2.75) is 0 Å². The van der Waals surface area contributed by atoms with Gasteiger partial charge in [0.25, 0.3) is 5.91 Å². The van der Waals surface area contributed by atoms with Crippen LogP contribution >= 0.6 is 0 Å². The maximum Gasteiger partial charge on any atom is 0.341 e. The summed E-state index contributed by atoms with van der Waals surface area (Å²) in [7, 11) is 1.30. The molecular weight excluding hydrogens is 348 g/mol. The normalized spacial score (nSPS) is 13.7. The van der Waals surface area contributed by atoms with E-state index in [1.54, 1.807) is 24.3 Å². The quantitative estimate of drug-likeness (QED) is 0.787. The zero-order valence-electron chi connectivity index (χ0n) is 15.1. The third-order valence-corrected chi connectivity index (χ3v) is 4.18. The number of ether oxygens (including phenoxy) is 3. The number of amides is 1. The lowest BCUT2D eigenvalue weighted by Crippen LogP contribution is -2.36. The van der Waals surface area contributed by atoms with Gasteiger partial charge in [0.15, 0.2) is 6.61 Å². The summed E-state index contributed by atoms with van der Waals surface area (Å²) < 4.78 is 15.5. The van der Waals surface area contributed by atoms with E-state index in [0.29, 0.717) is 11.4 Å². The molecule has 1 saturated heterocycles. The van der Waals surface area contributed by atoms with Crippen molar-refractivity contribution in [2.24, 2.45) is 0 Å². The van der Waals surface area contributed by atoms with Crippen LogP contribution in [0.25, 0.3) is 0 Å². The predicted octanol–water partition coefficient (Wildman–Crippen LogP) is 2.33. The maximum absolute atomic E-state index is 12.1. The van der Waals surface area contributed by atoms with Crippen molar-refractivity contribution in [3.05, 3.63) is 54.1 Å². The average Bonchev–Trinajstić information content (AvgIpc) is 2.73. The minimum Gasteiger partial charge on any atom is -0.483 e. The van der Waals surface area contributed by atoms with Crippen molar-refractivity contribution in [3.63, 3.8) is 0 Å². The van der Waals surface area contributed by atoms with E-state index in [0.717, 1.165) is 32.0 Å². The van der Waals surface area contributed by atoms with Crippen LogP contribution in [0.5, 0.6) is 5.75 Å². The Bertz CT molecular complexity index is 785. The molecule has 1 aliphatic heterocycles. The highest BCUT2D eigenvalue weighted by atomic mass is 16.5. The number of nitrogens with zero attached hydrogens (tertiary/aromatic N) is 1. The van der Waals surface area contributed by atoms with Crippen LogP contribution in [0.4, 0.5) is 11.4 Å². The number of nitrogens with one attached hydrogen (secondary N) is 1. The van der Waals surface area contributed by atoms with E-state index >= 15 is 0 Å². The van der Waals surface area contributed by atoms with E-state index in [9.17, 15) is 9.59 Å². The summed E-state index contributed by atoms with van der Waals surface area (Å²) in [6.45, 7) is 2.96. The summed E-state index contributed by atoms with van der Waals surface area (Å²) in [4.78, 5) is 26.1. The lowest BCUT2D eigenvalue weighted by Gasteiger charge is -2.28. The van der Waals surface area contributed by atoms with E-state index in [1.165, 1.54) is 7.11 Å². The van der Waals surface area contributed by atoms with E-state index in [1.807, 2.05) is 24.3 Å². The van der Waals surface area contributed by atoms with Gasteiger partial charge in [0.2, 0.25) is 0 Å². The van der Waals surface area contributed by atoms with Crippen LogP contribution in [-0.2, 0) is 14.3 Å². The Hall–Kier alpha value is -3.06. The molecule has 2 aromatic rings. The van der Waals surface area contributed by atoms with E-state index in [-0.39, 0.29) is 18.1 Å². The monoisotopic (exact) mass is 370 g/mol. The second-order valence-corrected chi connectivity index (χ2v) is 5.97. The number of morpholine rings is 1. The molecule has 1 heterocycles. The molecule has 0 unspecified atom stereocenters. The molecule has 0 aromatic heterocycles. The Balaban J connectivity index is 1.54. The largest absolute Gasteiger partial charge is 0.483 e. The number of carbonyl (C=O) groups is 2. The third-order valence-electron chi connectivity index (χ3n) is 4.18. The topological polar surface area (TPSA) is 77.1 Å². The van der Waals surface area contributed by atoms with Gasteiger partial charge in [-0.3, -0.25) is 4.79 Å². The number of methoxy groups -OCH3 is 1. The molecule has 1 fully saturated rings. The molecule has 7 nitrogen and oxygen atoms in total. The lowest BCUT2D eigenvalue weighted by molar-refractivity contribution is -0.118. The van der Waals surface area contributed by atoms with Crippen LogP contribution < -0.4 is 15.0 Å². The summed E-state index contributed by atoms with van der Waals surface area (Å²) in [6.07, 6.45) is 0. The van der Waals surface area contributed by atoms with Crippen molar-refractivity contribution in [2.75, 3.05) is 50.2 Å². The third kappa shape index (κ3) is 4.98. The van der Waals surface area contributed by atoms with Crippen molar-refractivity contribution in [1.29, 1.82) is 0 Å². The number of anilines is 2. The summed E-state index contributed by atoms with van der Waals surface area (Å²) in [5.74, 6) is -0.513. The number of benzene rings is 2. The second kappa shape index (κ2) is 9.05. The van der Waals surface area contributed by atoms with E-state index < -0.39 is 5.97 Å². The first-order valence-corrected chi connectivity index (χ1v) is 8.70. The molecule has 142 valence electrons. The van der Waals surface area contributed by atoms with Gasteiger partial charge in [-0.25, -0.2) is 4.79 Å². The van der Waals surface area contributed by atoms with Gasteiger partial charge in [-0.2, -0.15) is 0 Å². The van der Waals surface area contributed by atoms with Gasteiger partial charge < -0.3 is 24.4 Å². The standard InChI is InChI=1S/C20H22N2O5/c1-25-20(24)17-4-2-3-5-18(17)27-14-19(23)21-15-6-8-16(9-7-15)22-10-12-26-13-11-22/h2-9H,10-14H2,1H3,(H,21,23). The van der Waals surface area contributed by atoms with Crippen molar-refractivity contribution >= 4 is 23.3 Å². The number of rotatable bonds is 6. The van der Waals surface area contributed by atoms with E-state index in [2.05, 4.69) is 10.2 Å². The minimum atomic E-state index is -0.510. The predicted molar refractivity (Wildman–Crippen MR) is 101 cm³/mol. The van der Waals surface area contributed by atoms with E-state index in [4.69, 9.17) is 14.2 Å². The van der Waals surface area contributed by atoms with Crippen LogP contribution in [0.1, 0.15) is 10.4 Å². The Kier molecular flexibility index (Phi) is 6.27. The van der Waals surface area contributed by atoms with Crippen molar-refractivity contribution < 1.29 is 23.8 Å². The molecule has 0 radical (unpaired) electrons. The lowest BCUT2D eigenvalue weighted by atomic mass is 10.2. The highest BCUT2D eigenvalue weighted by Crippen LogP contribution is 2.20. The molecule has 1 aliphatic rings. The fourth-order valence-corrected chi connectivity index (χ4v) is 2.79. The van der Waals surface area contributed by atoms with Gasteiger partial charge in [0.05, 0.1) is 20.3 Å². The smallest absolute Gasteiger partial charge is 0.341 e. The average molecular weight is 370 g/mol. The van der Waals surface area contributed by atoms with Crippen LogP contribution in [0.3, 0.4) is 0 Å².